The van der Waals surface area contributed by atoms with Crippen molar-refractivity contribution in [3.8, 4) is 5.75 Å². The minimum atomic E-state index is -5.12. The Morgan fingerprint density at radius 2 is 2.04 bits per heavy atom. The van der Waals surface area contributed by atoms with Gasteiger partial charge >= 0.3 is 6.18 Å². The average molecular weight is 393 g/mol. The number of amides is 1. The van der Waals surface area contributed by atoms with Gasteiger partial charge in [-0.15, -0.1) is 0 Å². The SMILES string of the molecule is Cc1ccc(OCC(=O)N2NC(c3cccnc3)=C[C@@]2(O)C(F)(F)F)cc1C. The number of rotatable bonds is 4. The molecule has 2 aromatic rings. The van der Waals surface area contributed by atoms with E-state index in [0.717, 1.165) is 11.1 Å². The van der Waals surface area contributed by atoms with Crippen LogP contribution in [0.15, 0.2) is 48.8 Å². The molecule has 1 atom stereocenters. The molecular weight excluding hydrogens is 375 g/mol. The zero-order valence-corrected chi connectivity index (χ0v) is 15.1. The molecule has 1 aromatic carbocycles. The van der Waals surface area contributed by atoms with E-state index < -0.39 is 24.4 Å². The van der Waals surface area contributed by atoms with Gasteiger partial charge in [0.15, 0.2) is 6.61 Å². The highest BCUT2D eigenvalue weighted by atomic mass is 19.4. The standard InChI is InChI=1S/C19H18F3N3O3/c1-12-5-6-15(8-13(12)2)28-11-17(26)25-18(27,19(20,21)22)9-16(24-25)14-4-3-7-23-10-14/h3-10,24,27H,11H2,1-2H3/t18-/m1/s1. The third-order valence-electron chi connectivity index (χ3n) is 4.40. The fraction of sp³-hybridized carbons (Fsp3) is 0.263. The topological polar surface area (TPSA) is 74.7 Å². The third kappa shape index (κ3) is 3.65. The summed E-state index contributed by atoms with van der Waals surface area (Å²) in [7, 11) is 0. The van der Waals surface area contributed by atoms with E-state index in [1.807, 2.05) is 13.8 Å². The lowest BCUT2D eigenvalue weighted by Crippen LogP contribution is -2.61. The largest absolute Gasteiger partial charge is 0.484 e. The molecule has 0 spiro atoms. The van der Waals surface area contributed by atoms with E-state index in [1.54, 1.807) is 18.2 Å². The Hall–Kier alpha value is -3.07. The molecule has 0 bridgehead atoms. The molecule has 3 rings (SSSR count). The molecule has 2 N–H and O–H groups in total. The van der Waals surface area contributed by atoms with Crippen molar-refractivity contribution >= 4 is 11.6 Å². The van der Waals surface area contributed by atoms with Gasteiger partial charge in [-0.1, -0.05) is 6.07 Å². The summed E-state index contributed by atoms with van der Waals surface area (Å²) in [5, 5.41) is 10.4. The molecule has 0 aliphatic carbocycles. The van der Waals surface area contributed by atoms with Gasteiger partial charge in [0, 0.05) is 24.0 Å². The van der Waals surface area contributed by atoms with Gasteiger partial charge in [0.1, 0.15) is 5.75 Å². The number of alkyl halides is 3. The van der Waals surface area contributed by atoms with Crippen molar-refractivity contribution in [3.05, 3.63) is 65.5 Å². The summed E-state index contributed by atoms with van der Waals surface area (Å²) < 4.78 is 45.9. The van der Waals surface area contributed by atoms with Crippen LogP contribution in [0, 0.1) is 13.8 Å². The number of benzene rings is 1. The molecule has 1 aliphatic rings. The number of hydrogen-bond donors (Lipinski definition) is 2. The van der Waals surface area contributed by atoms with E-state index in [-0.39, 0.29) is 16.3 Å². The summed E-state index contributed by atoms with van der Waals surface area (Å²) >= 11 is 0. The Kier molecular flexibility index (Phi) is 5.03. The van der Waals surface area contributed by atoms with Crippen LogP contribution in [-0.2, 0) is 4.79 Å². The Bertz CT molecular complexity index is 916. The number of carbonyl (C=O) groups excluding carboxylic acids is 1. The molecular formula is C19H18F3N3O3. The molecule has 0 saturated carbocycles. The Morgan fingerprint density at radius 1 is 1.29 bits per heavy atom. The number of pyridine rings is 1. The highest BCUT2D eigenvalue weighted by Crippen LogP contribution is 2.39. The highest BCUT2D eigenvalue weighted by molar-refractivity contribution is 5.82. The normalized spacial score (nSPS) is 19.2. The maximum atomic E-state index is 13.5. The number of nitrogens with zero attached hydrogens (tertiary/aromatic N) is 2. The second kappa shape index (κ2) is 7.16. The van der Waals surface area contributed by atoms with Crippen molar-refractivity contribution in [1.29, 1.82) is 0 Å². The molecule has 1 aromatic heterocycles. The lowest BCUT2D eigenvalue weighted by Gasteiger charge is -2.33. The van der Waals surface area contributed by atoms with Gasteiger partial charge in [-0.3, -0.25) is 15.2 Å². The van der Waals surface area contributed by atoms with Gasteiger partial charge in [-0.05, 0) is 49.2 Å². The quantitative estimate of drug-likeness (QED) is 0.836. The Balaban J connectivity index is 1.81. The lowest BCUT2D eigenvalue weighted by molar-refractivity contribution is -0.289. The molecule has 0 radical (unpaired) electrons. The summed E-state index contributed by atoms with van der Waals surface area (Å²) in [4.78, 5) is 16.3. The first-order valence-corrected chi connectivity index (χ1v) is 8.34. The number of nitrogens with one attached hydrogen (secondary N) is 1. The molecule has 1 amide bonds. The zero-order chi connectivity index (χ0) is 20.5. The first kappa shape index (κ1) is 19.7. The number of aryl methyl sites for hydroxylation is 2. The van der Waals surface area contributed by atoms with Crippen LogP contribution >= 0.6 is 0 Å². The van der Waals surface area contributed by atoms with Crippen molar-refractivity contribution in [2.45, 2.75) is 25.7 Å². The summed E-state index contributed by atoms with van der Waals surface area (Å²) in [5.41, 5.74) is 0.925. The van der Waals surface area contributed by atoms with Gasteiger partial charge < -0.3 is 9.84 Å². The van der Waals surface area contributed by atoms with Gasteiger partial charge in [0.2, 0.25) is 0 Å². The number of hydrogen-bond acceptors (Lipinski definition) is 5. The molecule has 28 heavy (non-hydrogen) atoms. The third-order valence-corrected chi connectivity index (χ3v) is 4.40. The molecule has 1 aliphatic heterocycles. The maximum absolute atomic E-state index is 13.5. The summed E-state index contributed by atoms with van der Waals surface area (Å²) in [5.74, 6) is -0.750. The van der Waals surface area contributed by atoms with Crippen molar-refractivity contribution in [2.24, 2.45) is 0 Å². The minimum Gasteiger partial charge on any atom is -0.484 e. The van der Waals surface area contributed by atoms with Crippen LogP contribution in [0.25, 0.3) is 5.70 Å². The van der Waals surface area contributed by atoms with Gasteiger partial charge in [-0.25, -0.2) is 5.01 Å². The molecule has 2 heterocycles. The second-order valence-corrected chi connectivity index (χ2v) is 6.40. The van der Waals surface area contributed by atoms with Crippen molar-refractivity contribution in [1.82, 2.24) is 15.4 Å². The molecule has 0 saturated heterocycles. The monoisotopic (exact) mass is 393 g/mol. The number of aliphatic hydroxyl groups is 1. The first-order chi connectivity index (χ1) is 13.1. The Morgan fingerprint density at radius 3 is 2.64 bits per heavy atom. The number of ether oxygens (including phenoxy) is 1. The van der Waals surface area contributed by atoms with Crippen LogP contribution in [-0.4, -0.2) is 39.5 Å². The van der Waals surface area contributed by atoms with E-state index >= 15 is 0 Å². The van der Waals surface area contributed by atoms with Crippen LogP contribution in [0.2, 0.25) is 0 Å². The summed E-state index contributed by atoms with van der Waals surface area (Å²) in [6, 6.07) is 8.09. The van der Waals surface area contributed by atoms with Crippen LogP contribution < -0.4 is 10.2 Å². The highest BCUT2D eigenvalue weighted by Gasteiger charge is 2.61. The number of hydrazine groups is 1. The molecule has 0 fully saturated rings. The van der Waals surface area contributed by atoms with Crippen LogP contribution in [0.4, 0.5) is 13.2 Å². The number of aromatic nitrogens is 1. The van der Waals surface area contributed by atoms with Crippen LogP contribution in [0.1, 0.15) is 16.7 Å². The van der Waals surface area contributed by atoms with Crippen LogP contribution in [0.5, 0.6) is 5.75 Å². The van der Waals surface area contributed by atoms with E-state index in [2.05, 4.69) is 10.4 Å². The van der Waals surface area contributed by atoms with Crippen molar-refractivity contribution in [2.75, 3.05) is 6.61 Å². The van der Waals surface area contributed by atoms with Gasteiger partial charge in [0.05, 0.1) is 5.70 Å². The van der Waals surface area contributed by atoms with Crippen LogP contribution in [0.3, 0.4) is 0 Å². The predicted octanol–water partition coefficient (Wildman–Crippen LogP) is 2.72. The van der Waals surface area contributed by atoms with Gasteiger partial charge in [-0.2, -0.15) is 13.2 Å². The van der Waals surface area contributed by atoms with Crippen molar-refractivity contribution in [3.63, 3.8) is 0 Å². The van der Waals surface area contributed by atoms with E-state index in [4.69, 9.17) is 4.74 Å². The Labute approximate surface area is 159 Å². The number of carbonyl (C=O) groups is 1. The van der Waals surface area contributed by atoms with Crippen molar-refractivity contribution < 1.29 is 27.8 Å². The fourth-order valence-electron chi connectivity index (χ4n) is 2.65. The smallest absolute Gasteiger partial charge is 0.442 e. The van der Waals surface area contributed by atoms with Gasteiger partial charge in [0.25, 0.3) is 11.6 Å². The summed E-state index contributed by atoms with van der Waals surface area (Å²) in [6.45, 7) is 3.05. The van der Waals surface area contributed by atoms with E-state index in [1.165, 1.54) is 24.5 Å². The summed E-state index contributed by atoms with van der Waals surface area (Å²) in [6.07, 6.45) is -1.82. The van der Waals surface area contributed by atoms with E-state index in [9.17, 15) is 23.1 Å². The number of halogens is 3. The average Bonchev–Trinajstić information content (AvgIpc) is 3.02. The van der Waals surface area contributed by atoms with E-state index in [0.29, 0.717) is 11.8 Å². The zero-order valence-electron chi connectivity index (χ0n) is 15.1. The molecule has 9 heteroatoms. The molecule has 0 unspecified atom stereocenters. The lowest BCUT2D eigenvalue weighted by atomic mass is 10.1. The fourth-order valence-corrected chi connectivity index (χ4v) is 2.65. The maximum Gasteiger partial charge on any atom is 0.442 e. The minimum absolute atomic E-state index is 0.0903. The molecule has 148 valence electrons. The predicted molar refractivity (Wildman–Crippen MR) is 94.6 cm³/mol. The molecule has 6 nitrogen and oxygen atoms in total. The second-order valence-electron chi connectivity index (χ2n) is 6.40. The first-order valence-electron chi connectivity index (χ1n) is 8.34.